The molecule has 0 aliphatic heterocycles. The largest absolute Gasteiger partial charge is 0.466 e. The second-order valence-corrected chi connectivity index (χ2v) is 5.87. The van der Waals surface area contributed by atoms with E-state index in [2.05, 4.69) is 4.98 Å². The third-order valence-electron chi connectivity index (χ3n) is 3.18. The van der Waals surface area contributed by atoms with E-state index in [1.165, 1.54) is 32.5 Å². The Labute approximate surface area is 149 Å². The second kappa shape index (κ2) is 9.26. The van der Waals surface area contributed by atoms with E-state index >= 15 is 0 Å². The lowest BCUT2D eigenvalue weighted by atomic mass is 9.99. The molecule has 0 atom stereocenters. The van der Waals surface area contributed by atoms with Crippen LogP contribution in [0.1, 0.15) is 22.8 Å². The molecule has 7 nitrogen and oxygen atoms in total. The SMILES string of the molecule is COCOC(=O)c1cc(-c2cscn2)cc(CC(C)=O)c1OCOC. The van der Waals surface area contributed by atoms with Crippen LogP contribution in [0.5, 0.6) is 5.75 Å². The van der Waals surface area contributed by atoms with E-state index in [-0.39, 0.29) is 37.1 Å². The Balaban J connectivity index is 2.55. The van der Waals surface area contributed by atoms with Gasteiger partial charge in [-0.3, -0.25) is 4.79 Å². The molecule has 2 rings (SSSR count). The molecule has 2 aromatic rings. The number of nitrogens with zero attached hydrogens (tertiary/aromatic N) is 1. The van der Waals surface area contributed by atoms with Crippen LogP contribution >= 0.6 is 11.3 Å². The minimum atomic E-state index is -0.616. The zero-order valence-corrected chi connectivity index (χ0v) is 15.1. The van der Waals surface area contributed by atoms with Gasteiger partial charge < -0.3 is 18.9 Å². The maximum atomic E-state index is 12.4. The van der Waals surface area contributed by atoms with E-state index in [0.29, 0.717) is 16.8 Å². The number of benzene rings is 1. The monoisotopic (exact) mass is 365 g/mol. The van der Waals surface area contributed by atoms with Crippen molar-refractivity contribution in [2.75, 3.05) is 27.8 Å². The Morgan fingerprint density at radius 3 is 2.52 bits per heavy atom. The Bertz CT molecular complexity index is 729. The highest BCUT2D eigenvalue weighted by molar-refractivity contribution is 7.07. The number of aromatic nitrogens is 1. The minimum absolute atomic E-state index is 0.0612. The van der Waals surface area contributed by atoms with Crippen LogP contribution in [0.15, 0.2) is 23.0 Å². The van der Waals surface area contributed by atoms with Gasteiger partial charge in [0.2, 0.25) is 0 Å². The summed E-state index contributed by atoms with van der Waals surface area (Å²) in [5.41, 5.74) is 3.86. The van der Waals surface area contributed by atoms with Crippen LogP contribution in [0.3, 0.4) is 0 Å². The van der Waals surface area contributed by atoms with E-state index < -0.39 is 5.97 Å². The molecule has 0 saturated heterocycles. The van der Waals surface area contributed by atoms with Crippen LogP contribution in [-0.4, -0.2) is 44.5 Å². The smallest absolute Gasteiger partial charge is 0.344 e. The maximum Gasteiger partial charge on any atom is 0.344 e. The topological polar surface area (TPSA) is 84.0 Å². The summed E-state index contributed by atoms with van der Waals surface area (Å²) >= 11 is 1.43. The van der Waals surface area contributed by atoms with Gasteiger partial charge in [-0.2, -0.15) is 0 Å². The first-order valence-corrected chi connectivity index (χ1v) is 8.33. The van der Waals surface area contributed by atoms with Crippen molar-refractivity contribution in [3.63, 3.8) is 0 Å². The summed E-state index contributed by atoms with van der Waals surface area (Å²) in [5.74, 6) is -0.416. The lowest BCUT2D eigenvalue weighted by Gasteiger charge is -2.16. The zero-order valence-electron chi connectivity index (χ0n) is 14.2. The van der Waals surface area contributed by atoms with Gasteiger partial charge in [-0.15, -0.1) is 11.3 Å². The molecule has 0 aliphatic carbocycles. The summed E-state index contributed by atoms with van der Waals surface area (Å²) in [6.07, 6.45) is 0.113. The number of methoxy groups -OCH3 is 2. The van der Waals surface area contributed by atoms with Gasteiger partial charge in [0.25, 0.3) is 0 Å². The number of ether oxygens (including phenoxy) is 4. The molecule has 1 aromatic carbocycles. The molecule has 8 heteroatoms. The van der Waals surface area contributed by atoms with E-state index in [9.17, 15) is 9.59 Å². The Morgan fingerprint density at radius 1 is 1.16 bits per heavy atom. The van der Waals surface area contributed by atoms with E-state index in [1.54, 1.807) is 17.6 Å². The van der Waals surface area contributed by atoms with Gasteiger partial charge in [0, 0.05) is 37.1 Å². The van der Waals surface area contributed by atoms with Crippen LogP contribution in [0.2, 0.25) is 0 Å². The van der Waals surface area contributed by atoms with Gasteiger partial charge in [-0.1, -0.05) is 0 Å². The fourth-order valence-corrected chi connectivity index (χ4v) is 2.78. The molecule has 25 heavy (non-hydrogen) atoms. The quantitative estimate of drug-likeness (QED) is 0.499. The van der Waals surface area contributed by atoms with Crippen LogP contribution < -0.4 is 4.74 Å². The lowest BCUT2D eigenvalue weighted by Crippen LogP contribution is -2.13. The van der Waals surface area contributed by atoms with Gasteiger partial charge in [0.15, 0.2) is 13.6 Å². The summed E-state index contributed by atoms with van der Waals surface area (Å²) in [4.78, 5) is 28.3. The molecule has 0 unspecified atom stereocenters. The Hall–Kier alpha value is -2.29. The number of ketones is 1. The zero-order chi connectivity index (χ0) is 18.2. The Morgan fingerprint density at radius 2 is 1.92 bits per heavy atom. The highest BCUT2D eigenvalue weighted by Crippen LogP contribution is 2.32. The van der Waals surface area contributed by atoms with E-state index in [4.69, 9.17) is 18.9 Å². The summed E-state index contributed by atoms with van der Waals surface area (Å²) in [6.45, 7) is 1.22. The molecule has 1 heterocycles. The molecule has 134 valence electrons. The van der Waals surface area contributed by atoms with Gasteiger partial charge in [-0.05, 0) is 19.1 Å². The third kappa shape index (κ3) is 5.09. The number of esters is 1. The normalized spacial score (nSPS) is 10.5. The number of hydrogen-bond acceptors (Lipinski definition) is 8. The second-order valence-electron chi connectivity index (χ2n) is 5.15. The van der Waals surface area contributed by atoms with Crippen LogP contribution in [0.25, 0.3) is 11.3 Å². The number of rotatable bonds is 9. The van der Waals surface area contributed by atoms with Crippen molar-refractivity contribution in [3.8, 4) is 17.0 Å². The molecule has 0 radical (unpaired) electrons. The highest BCUT2D eigenvalue weighted by Gasteiger charge is 2.21. The number of thiazole rings is 1. The minimum Gasteiger partial charge on any atom is -0.466 e. The molecule has 0 fully saturated rings. The summed E-state index contributed by atoms with van der Waals surface area (Å²) in [5, 5.41) is 1.85. The fourth-order valence-electron chi connectivity index (χ4n) is 2.22. The van der Waals surface area contributed by atoms with E-state index in [0.717, 1.165) is 0 Å². The average Bonchev–Trinajstić information content (AvgIpc) is 3.12. The van der Waals surface area contributed by atoms with Crippen molar-refractivity contribution in [1.82, 2.24) is 4.98 Å². The molecule has 0 aliphatic rings. The number of Topliss-reactive ketones (excluding diaryl/α,β-unsaturated/α-hetero) is 1. The standard InChI is InChI=1S/C17H19NO6S/c1-11(19)4-13-5-12(15-7-25-8-18-15)6-14(16(13)23-9-21-2)17(20)24-10-22-3/h5-8H,4,9-10H2,1-3H3. The van der Waals surface area contributed by atoms with Crippen LogP contribution in [-0.2, 0) is 25.4 Å². The average molecular weight is 365 g/mol. The van der Waals surface area contributed by atoms with Crippen molar-refractivity contribution in [1.29, 1.82) is 0 Å². The van der Waals surface area contributed by atoms with Crippen molar-refractivity contribution in [2.45, 2.75) is 13.3 Å². The van der Waals surface area contributed by atoms with E-state index in [1.807, 2.05) is 5.38 Å². The number of hydrogen-bond donors (Lipinski definition) is 0. The molecular formula is C17H19NO6S. The maximum absolute atomic E-state index is 12.4. The molecule has 0 amide bonds. The first-order chi connectivity index (χ1) is 12.1. The number of carbonyl (C=O) groups is 2. The van der Waals surface area contributed by atoms with Crippen molar-refractivity contribution < 1.29 is 28.5 Å². The number of carbonyl (C=O) groups excluding carboxylic acids is 2. The van der Waals surface area contributed by atoms with Gasteiger partial charge in [0.1, 0.15) is 17.1 Å². The summed E-state index contributed by atoms with van der Waals surface area (Å²) < 4.78 is 20.3. The summed E-state index contributed by atoms with van der Waals surface area (Å²) in [7, 11) is 2.89. The molecular weight excluding hydrogens is 346 g/mol. The predicted octanol–water partition coefficient (Wildman–Crippen LogP) is 2.69. The predicted molar refractivity (Wildman–Crippen MR) is 91.7 cm³/mol. The first kappa shape index (κ1) is 19.0. The molecule has 0 saturated carbocycles. The van der Waals surface area contributed by atoms with Crippen LogP contribution in [0.4, 0.5) is 0 Å². The molecule has 1 aromatic heterocycles. The van der Waals surface area contributed by atoms with Crippen molar-refractivity contribution in [2.24, 2.45) is 0 Å². The molecule has 0 bridgehead atoms. The lowest BCUT2D eigenvalue weighted by molar-refractivity contribution is -0.116. The van der Waals surface area contributed by atoms with Crippen molar-refractivity contribution >= 4 is 23.1 Å². The van der Waals surface area contributed by atoms with Gasteiger partial charge >= 0.3 is 5.97 Å². The van der Waals surface area contributed by atoms with Gasteiger partial charge in [0.05, 0.1) is 11.2 Å². The Kier molecular flexibility index (Phi) is 7.05. The van der Waals surface area contributed by atoms with Crippen LogP contribution in [0, 0.1) is 0 Å². The first-order valence-electron chi connectivity index (χ1n) is 7.39. The van der Waals surface area contributed by atoms with Crippen molar-refractivity contribution in [3.05, 3.63) is 34.2 Å². The molecule has 0 N–H and O–H groups in total. The third-order valence-corrected chi connectivity index (χ3v) is 3.77. The highest BCUT2D eigenvalue weighted by atomic mass is 32.1. The fraction of sp³-hybridized carbons (Fsp3) is 0.353. The van der Waals surface area contributed by atoms with Gasteiger partial charge in [-0.25, -0.2) is 9.78 Å². The summed E-state index contributed by atoms with van der Waals surface area (Å²) in [6, 6.07) is 3.41. The molecule has 0 spiro atoms.